The molecule has 0 spiro atoms. The number of thioether (sulfide) groups is 1. The van der Waals surface area contributed by atoms with Crippen LogP contribution in [-0.2, 0) is 17.8 Å². The van der Waals surface area contributed by atoms with E-state index in [1.165, 1.54) is 29.3 Å². The minimum Gasteiger partial charge on any atom is -0.481 e. The zero-order valence-electron chi connectivity index (χ0n) is 14.6. The van der Waals surface area contributed by atoms with Crippen LogP contribution in [0.1, 0.15) is 28.6 Å². The molecule has 0 aliphatic carbocycles. The molecule has 7 heteroatoms. The molecule has 1 unspecified atom stereocenters. The highest BCUT2D eigenvalue weighted by molar-refractivity contribution is 7.99. The Kier molecular flexibility index (Phi) is 5.88. The lowest BCUT2D eigenvalue weighted by molar-refractivity contribution is -0.133. The average molecular weight is 374 g/mol. The van der Waals surface area contributed by atoms with Crippen molar-refractivity contribution in [1.29, 1.82) is 0 Å². The number of fused-ring (bicyclic) bond motifs is 1. The Labute approximate surface area is 156 Å². The highest BCUT2D eigenvalue weighted by atomic mass is 32.2. The normalized spacial score (nSPS) is 15.7. The van der Waals surface area contributed by atoms with Gasteiger partial charge in [-0.3, -0.25) is 9.59 Å². The molecule has 2 N–H and O–H groups in total. The summed E-state index contributed by atoms with van der Waals surface area (Å²) in [5, 5.41) is 11.4. The second-order valence-electron chi connectivity index (χ2n) is 6.29. The van der Waals surface area contributed by atoms with Crippen LogP contribution >= 0.6 is 11.8 Å². The number of carboxylic acids is 1. The molecule has 1 aliphatic heterocycles. The summed E-state index contributed by atoms with van der Waals surface area (Å²) in [5.74, 6) is -0.209. The number of carbonyl (C=O) groups is 2. The Hall–Kier alpha value is -2.41. The summed E-state index contributed by atoms with van der Waals surface area (Å²) >= 11 is 1.27. The second-order valence-corrected chi connectivity index (χ2v) is 7.39. The van der Waals surface area contributed by atoms with Gasteiger partial charge in [-0.25, -0.2) is 0 Å². The summed E-state index contributed by atoms with van der Waals surface area (Å²) in [7, 11) is 0. The van der Waals surface area contributed by atoms with E-state index in [4.69, 9.17) is 9.52 Å². The van der Waals surface area contributed by atoms with E-state index in [1.807, 2.05) is 18.2 Å². The predicted molar refractivity (Wildman–Crippen MR) is 102 cm³/mol. The quantitative estimate of drug-likeness (QED) is 0.692. The van der Waals surface area contributed by atoms with Crippen molar-refractivity contribution >= 4 is 29.3 Å². The summed E-state index contributed by atoms with van der Waals surface area (Å²) in [6, 6.07) is 10.5. The smallest absolute Gasteiger partial charge is 0.313 e. The third-order valence-electron chi connectivity index (χ3n) is 4.40. The molecule has 2 heterocycles. The molecule has 0 fully saturated rings. The van der Waals surface area contributed by atoms with Gasteiger partial charge in [-0.1, -0.05) is 18.2 Å². The van der Waals surface area contributed by atoms with E-state index < -0.39 is 5.97 Å². The minimum absolute atomic E-state index is 0.0358. The van der Waals surface area contributed by atoms with E-state index in [0.717, 1.165) is 12.0 Å². The van der Waals surface area contributed by atoms with E-state index in [-0.39, 0.29) is 11.7 Å². The summed E-state index contributed by atoms with van der Waals surface area (Å²) < 4.78 is 5.42. The van der Waals surface area contributed by atoms with Crippen molar-refractivity contribution in [3.8, 4) is 0 Å². The Morgan fingerprint density at radius 3 is 2.96 bits per heavy atom. The van der Waals surface area contributed by atoms with Crippen molar-refractivity contribution in [2.45, 2.75) is 25.9 Å². The molecule has 1 atom stereocenters. The summed E-state index contributed by atoms with van der Waals surface area (Å²) in [5.41, 5.74) is 3.38. The molecule has 26 heavy (non-hydrogen) atoms. The second kappa shape index (κ2) is 8.31. The Bertz CT molecular complexity index is 789. The van der Waals surface area contributed by atoms with Crippen molar-refractivity contribution in [2.75, 3.05) is 23.0 Å². The van der Waals surface area contributed by atoms with E-state index in [9.17, 15) is 9.59 Å². The van der Waals surface area contributed by atoms with Crippen molar-refractivity contribution in [2.24, 2.45) is 0 Å². The first kappa shape index (κ1) is 18.4. The summed E-state index contributed by atoms with van der Waals surface area (Å²) in [4.78, 5) is 25.1. The van der Waals surface area contributed by atoms with Crippen LogP contribution in [0.25, 0.3) is 0 Å². The fraction of sp³-hybridized carbons (Fsp3) is 0.368. The van der Waals surface area contributed by atoms with Crippen LogP contribution in [0.3, 0.4) is 0 Å². The van der Waals surface area contributed by atoms with Crippen molar-refractivity contribution in [1.82, 2.24) is 5.32 Å². The van der Waals surface area contributed by atoms with Gasteiger partial charge in [0.15, 0.2) is 5.76 Å². The molecule has 6 nitrogen and oxygen atoms in total. The van der Waals surface area contributed by atoms with Gasteiger partial charge in [0, 0.05) is 36.1 Å². The summed E-state index contributed by atoms with van der Waals surface area (Å²) in [6.45, 7) is 3.20. The number of nitrogens with zero attached hydrogens (tertiary/aromatic N) is 1. The van der Waals surface area contributed by atoms with Crippen molar-refractivity contribution < 1.29 is 19.1 Å². The van der Waals surface area contributed by atoms with Gasteiger partial charge in [0.2, 0.25) is 0 Å². The fourth-order valence-corrected chi connectivity index (χ4v) is 3.76. The zero-order chi connectivity index (χ0) is 18.5. The van der Waals surface area contributed by atoms with Gasteiger partial charge in [0.1, 0.15) is 0 Å². The SMILES string of the molecule is CC1Cc2ccccc2N1Cc1ccoc1C(=O)NCCSCC(=O)O. The van der Waals surface area contributed by atoms with Gasteiger partial charge < -0.3 is 19.7 Å². The van der Waals surface area contributed by atoms with Gasteiger partial charge in [0.05, 0.1) is 12.0 Å². The van der Waals surface area contributed by atoms with Gasteiger partial charge in [-0.15, -0.1) is 11.8 Å². The first-order chi connectivity index (χ1) is 12.6. The number of nitrogens with one attached hydrogen (secondary N) is 1. The number of aliphatic carboxylic acids is 1. The largest absolute Gasteiger partial charge is 0.481 e. The molecule has 1 aliphatic rings. The molecule has 1 aromatic carbocycles. The minimum atomic E-state index is -0.852. The summed E-state index contributed by atoms with van der Waals surface area (Å²) in [6.07, 6.45) is 2.53. The standard InChI is InChI=1S/C19H22N2O4S/c1-13-10-14-4-2-3-5-16(14)21(13)11-15-6-8-25-18(15)19(24)20-7-9-26-12-17(22)23/h2-6,8,13H,7,9-12H2,1H3,(H,20,24)(H,22,23). The number of amides is 1. The number of rotatable bonds is 8. The number of hydrogen-bond donors (Lipinski definition) is 2. The van der Waals surface area contributed by atoms with Crippen LogP contribution in [0.5, 0.6) is 0 Å². The van der Waals surface area contributed by atoms with E-state index in [1.54, 1.807) is 0 Å². The maximum Gasteiger partial charge on any atom is 0.313 e. The average Bonchev–Trinajstić information content (AvgIpc) is 3.19. The van der Waals surface area contributed by atoms with Crippen LogP contribution in [0.15, 0.2) is 41.0 Å². The Balaban J connectivity index is 1.60. The first-order valence-corrected chi connectivity index (χ1v) is 9.70. The van der Waals surface area contributed by atoms with E-state index in [0.29, 0.717) is 30.6 Å². The van der Waals surface area contributed by atoms with Gasteiger partial charge >= 0.3 is 5.97 Å². The van der Waals surface area contributed by atoms with Gasteiger partial charge in [0.25, 0.3) is 5.91 Å². The zero-order valence-corrected chi connectivity index (χ0v) is 15.4. The molecular formula is C19H22N2O4S. The van der Waals surface area contributed by atoms with Crippen LogP contribution in [0, 0.1) is 0 Å². The first-order valence-electron chi connectivity index (χ1n) is 8.55. The maximum absolute atomic E-state index is 12.4. The number of carbonyl (C=O) groups excluding carboxylic acids is 1. The van der Waals surface area contributed by atoms with Gasteiger partial charge in [-0.05, 0) is 31.0 Å². The van der Waals surface area contributed by atoms with Crippen LogP contribution < -0.4 is 10.2 Å². The van der Waals surface area contributed by atoms with Crippen LogP contribution in [-0.4, -0.2) is 41.1 Å². The number of furan rings is 1. The van der Waals surface area contributed by atoms with Gasteiger partial charge in [-0.2, -0.15) is 0 Å². The third kappa shape index (κ3) is 4.22. The van der Waals surface area contributed by atoms with Crippen molar-refractivity contribution in [3.63, 3.8) is 0 Å². The Morgan fingerprint density at radius 1 is 1.35 bits per heavy atom. The fourth-order valence-electron chi connectivity index (χ4n) is 3.19. The van der Waals surface area contributed by atoms with Crippen LogP contribution in [0.4, 0.5) is 5.69 Å². The number of benzene rings is 1. The monoisotopic (exact) mass is 374 g/mol. The Morgan fingerprint density at radius 2 is 2.15 bits per heavy atom. The molecule has 0 bridgehead atoms. The molecule has 3 rings (SSSR count). The highest BCUT2D eigenvalue weighted by Crippen LogP contribution is 2.33. The molecule has 0 saturated carbocycles. The van der Waals surface area contributed by atoms with Crippen LogP contribution in [0.2, 0.25) is 0 Å². The molecule has 1 amide bonds. The lowest BCUT2D eigenvalue weighted by Gasteiger charge is -2.24. The topological polar surface area (TPSA) is 82.8 Å². The molecule has 1 aromatic heterocycles. The number of para-hydroxylation sites is 1. The van der Waals surface area contributed by atoms with Crippen molar-refractivity contribution in [3.05, 3.63) is 53.5 Å². The maximum atomic E-state index is 12.4. The molecule has 0 saturated heterocycles. The lowest BCUT2D eigenvalue weighted by atomic mass is 10.1. The number of carboxylic acid groups (broad SMARTS) is 1. The highest BCUT2D eigenvalue weighted by Gasteiger charge is 2.27. The number of anilines is 1. The molecular weight excluding hydrogens is 352 g/mol. The molecule has 138 valence electrons. The molecule has 2 aromatic rings. The lowest BCUT2D eigenvalue weighted by Crippen LogP contribution is -2.31. The van der Waals surface area contributed by atoms with E-state index >= 15 is 0 Å². The third-order valence-corrected chi connectivity index (χ3v) is 5.34. The predicted octanol–water partition coefficient (Wildman–Crippen LogP) is 2.78. The number of hydrogen-bond acceptors (Lipinski definition) is 5. The molecule has 0 radical (unpaired) electrons. The van der Waals surface area contributed by atoms with E-state index in [2.05, 4.69) is 29.3 Å².